The van der Waals surface area contributed by atoms with Crippen molar-refractivity contribution >= 4 is 23.2 Å². The van der Waals surface area contributed by atoms with E-state index in [2.05, 4.69) is 20.2 Å². The standard InChI is InChI=1S/C14H17N3O4S/c1-7-8(2)22-13(15-7)14(3,4)16-11(18)9-6-10(21-17-9)12(19)20-5/h6H,1-5H3,(H,16,18). The molecule has 2 aromatic rings. The van der Waals surface area contributed by atoms with E-state index in [1.54, 1.807) is 0 Å². The van der Waals surface area contributed by atoms with Crippen LogP contribution in [0.4, 0.5) is 0 Å². The Morgan fingerprint density at radius 2 is 2.05 bits per heavy atom. The molecule has 22 heavy (non-hydrogen) atoms. The zero-order valence-corrected chi connectivity index (χ0v) is 13.8. The second-order valence-electron chi connectivity index (χ2n) is 5.31. The molecule has 0 bridgehead atoms. The summed E-state index contributed by atoms with van der Waals surface area (Å²) in [5, 5.41) is 7.21. The molecule has 7 nitrogen and oxygen atoms in total. The second kappa shape index (κ2) is 5.88. The lowest BCUT2D eigenvalue weighted by Gasteiger charge is -2.23. The average Bonchev–Trinajstić information content (AvgIpc) is 3.06. The van der Waals surface area contributed by atoms with Gasteiger partial charge in [0.2, 0.25) is 5.76 Å². The highest BCUT2D eigenvalue weighted by Crippen LogP contribution is 2.27. The van der Waals surface area contributed by atoms with Gasteiger partial charge in [-0.3, -0.25) is 4.79 Å². The average molecular weight is 323 g/mol. The summed E-state index contributed by atoms with van der Waals surface area (Å²) in [5.74, 6) is -1.25. The van der Waals surface area contributed by atoms with E-state index in [1.807, 2.05) is 27.7 Å². The molecule has 0 saturated heterocycles. The first-order valence-corrected chi connectivity index (χ1v) is 7.38. The highest BCUT2D eigenvalue weighted by Gasteiger charge is 2.29. The van der Waals surface area contributed by atoms with Gasteiger partial charge < -0.3 is 14.6 Å². The summed E-state index contributed by atoms with van der Waals surface area (Å²) in [7, 11) is 1.22. The van der Waals surface area contributed by atoms with E-state index in [1.165, 1.54) is 24.5 Å². The second-order valence-corrected chi connectivity index (χ2v) is 6.51. The van der Waals surface area contributed by atoms with Crippen LogP contribution in [-0.2, 0) is 10.3 Å². The van der Waals surface area contributed by atoms with Crippen LogP contribution in [0.15, 0.2) is 10.6 Å². The van der Waals surface area contributed by atoms with E-state index >= 15 is 0 Å². The number of methoxy groups -OCH3 is 1. The Bertz CT molecular complexity index is 698. The summed E-state index contributed by atoms with van der Waals surface area (Å²) >= 11 is 1.53. The first-order chi connectivity index (χ1) is 10.2. The van der Waals surface area contributed by atoms with Crippen molar-refractivity contribution in [3.05, 3.63) is 33.1 Å². The molecule has 2 aromatic heterocycles. The van der Waals surface area contributed by atoms with E-state index in [0.29, 0.717) is 0 Å². The fraction of sp³-hybridized carbons (Fsp3) is 0.429. The molecule has 0 aliphatic rings. The van der Waals surface area contributed by atoms with Crippen LogP contribution in [0, 0.1) is 13.8 Å². The minimum absolute atomic E-state index is 0.0125. The first-order valence-electron chi connectivity index (χ1n) is 6.56. The highest BCUT2D eigenvalue weighted by molar-refractivity contribution is 7.11. The van der Waals surface area contributed by atoms with Crippen LogP contribution < -0.4 is 5.32 Å². The number of hydrogen-bond acceptors (Lipinski definition) is 7. The Balaban J connectivity index is 2.16. The zero-order chi connectivity index (χ0) is 16.5. The maximum Gasteiger partial charge on any atom is 0.376 e. The molecule has 0 atom stereocenters. The maximum absolute atomic E-state index is 12.2. The molecule has 0 saturated carbocycles. The fourth-order valence-electron chi connectivity index (χ4n) is 1.72. The zero-order valence-electron chi connectivity index (χ0n) is 13.0. The minimum atomic E-state index is -0.683. The number of thiazole rings is 1. The number of esters is 1. The van der Waals surface area contributed by atoms with E-state index in [9.17, 15) is 9.59 Å². The largest absolute Gasteiger partial charge is 0.463 e. The fourth-order valence-corrected chi connectivity index (χ4v) is 2.69. The van der Waals surface area contributed by atoms with Crippen LogP contribution in [0.25, 0.3) is 0 Å². The molecule has 2 rings (SSSR count). The van der Waals surface area contributed by atoms with E-state index in [4.69, 9.17) is 4.52 Å². The van der Waals surface area contributed by atoms with Gasteiger partial charge in [-0.05, 0) is 27.7 Å². The Kier molecular flexibility index (Phi) is 4.32. The third-order valence-corrected chi connectivity index (χ3v) is 4.52. The minimum Gasteiger partial charge on any atom is -0.463 e. The number of amides is 1. The molecule has 8 heteroatoms. The molecule has 2 heterocycles. The Morgan fingerprint density at radius 1 is 1.36 bits per heavy atom. The van der Waals surface area contributed by atoms with Gasteiger partial charge in [0.25, 0.3) is 5.91 Å². The van der Waals surface area contributed by atoms with Crippen molar-refractivity contribution < 1.29 is 18.8 Å². The number of carbonyl (C=O) groups is 2. The normalized spacial score (nSPS) is 11.3. The summed E-state index contributed by atoms with van der Waals surface area (Å²) in [6.45, 7) is 7.61. The van der Waals surface area contributed by atoms with Crippen LogP contribution in [-0.4, -0.2) is 29.1 Å². The van der Waals surface area contributed by atoms with E-state index < -0.39 is 17.4 Å². The smallest absolute Gasteiger partial charge is 0.376 e. The van der Waals surface area contributed by atoms with Crippen molar-refractivity contribution in [2.75, 3.05) is 7.11 Å². The van der Waals surface area contributed by atoms with Crippen molar-refractivity contribution in [1.82, 2.24) is 15.5 Å². The number of ether oxygens (including phenoxy) is 1. The van der Waals surface area contributed by atoms with Crippen molar-refractivity contribution in [2.45, 2.75) is 33.2 Å². The topological polar surface area (TPSA) is 94.3 Å². The molecular weight excluding hydrogens is 306 g/mol. The quantitative estimate of drug-likeness (QED) is 0.867. The Morgan fingerprint density at radius 3 is 2.59 bits per heavy atom. The molecule has 118 valence electrons. The van der Waals surface area contributed by atoms with Gasteiger partial charge in [0.15, 0.2) is 5.69 Å². The van der Waals surface area contributed by atoms with Crippen molar-refractivity contribution in [1.29, 1.82) is 0 Å². The molecule has 0 unspecified atom stereocenters. The van der Waals surface area contributed by atoms with Gasteiger partial charge in [-0.1, -0.05) is 5.16 Å². The van der Waals surface area contributed by atoms with E-state index in [-0.39, 0.29) is 11.5 Å². The monoisotopic (exact) mass is 323 g/mol. The van der Waals surface area contributed by atoms with Gasteiger partial charge >= 0.3 is 5.97 Å². The van der Waals surface area contributed by atoms with Crippen molar-refractivity contribution in [3.8, 4) is 0 Å². The molecule has 0 aliphatic carbocycles. The van der Waals surface area contributed by atoms with Gasteiger partial charge in [0.05, 0.1) is 18.3 Å². The summed E-state index contributed by atoms with van der Waals surface area (Å²) in [6.07, 6.45) is 0. The van der Waals surface area contributed by atoms with Gasteiger partial charge in [-0.15, -0.1) is 11.3 Å². The Labute approximate surface area is 131 Å². The van der Waals surface area contributed by atoms with Crippen molar-refractivity contribution in [3.63, 3.8) is 0 Å². The lowest BCUT2D eigenvalue weighted by molar-refractivity contribution is 0.0554. The van der Waals surface area contributed by atoms with E-state index in [0.717, 1.165) is 15.6 Å². The Hall–Kier alpha value is -2.22. The van der Waals surface area contributed by atoms with Crippen LogP contribution in [0.5, 0.6) is 0 Å². The predicted molar refractivity (Wildman–Crippen MR) is 79.9 cm³/mol. The third kappa shape index (κ3) is 3.16. The van der Waals surface area contributed by atoms with Crippen LogP contribution in [0.1, 0.15) is 50.5 Å². The SMILES string of the molecule is COC(=O)c1cc(C(=O)NC(C)(C)c2nc(C)c(C)s2)no1. The lowest BCUT2D eigenvalue weighted by Crippen LogP contribution is -2.41. The number of rotatable bonds is 4. The molecule has 0 aliphatic heterocycles. The predicted octanol–water partition coefficient (Wildman–Crippen LogP) is 2.20. The molecule has 0 spiro atoms. The number of nitrogens with one attached hydrogen (secondary N) is 1. The number of nitrogens with zero attached hydrogens (tertiary/aromatic N) is 2. The van der Waals surface area contributed by atoms with Gasteiger partial charge in [-0.2, -0.15) is 0 Å². The summed E-state index contributed by atoms with van der Waals surface area (Å²) in [6, 6.07) is 1.25. The molecule has 0 radical (unpaired) electrons. The lowest BCUT2D eigenvalue weighted by atomic mass is 10.1. The number of aryl methyl sites for hydroxylation is 2. The number of aromatic nitrogens is 2. The van der Waals surface area contributed by atoms with Gasteiger partial charge in [0.1, 0.15) is 5.01 Å². The summed E-state index contributed by atoms with van der Waals surface area (Å²) in [5.41, 5.74) is 0.292. The van der Waals surface area contributed by atoms with Gasteiger partial charge in [-0.25, -0.2) is 9.78 Å². The summed E-state index contributed by atoms with van der Waals surface area (Å²) in [4.78, 5) is 29.1. The van der Waals surface area contributed by atoms with Gasteiger partial charge in [0, 0.05) is 10.9 Å². The molecule has 1 N–H and O–H groups in total. The molecular formula is C14H17N3O4S. The summed E-state index contributed by atoms with van der Waals surface area (Å²) < 4.78 is 9.29. The van der Waals surface area contributed by atoms with Crippen LogP contribution in [0.2, 0.25) is 0 Å². The van der Waals surface area contributed by atoms with Crippen molar-refractivity contribution in [2.24, 2.45) is 0 Å². The molecule has 1 amide bonds. The molecule has 0 aromatic carbocycles. The third-order valence-electron chi connectivity index (χ3n) is 3.12. The highest BCUT2D eigenvalue weighted by atomic mass is 32.1. The van der Waals surface area contributed by atoms with Crippen LogP contribution in [0.3, 0.4) is 0 Å². The first kappa shape index (κ1) is 16.2. The molecule has 0 fully saturated rings. The number of carbonyl (C=O) groups excluding carboxylic acids is 2. The number of hydrogen-bond donors (Lipinski definition) is 1. The van der Waals surface area contributed by atoms with Crippen LogP contribution >= 0.6 is 11.3 Å². The maximum atomic E-state index is 12.2.